The Morgan fingerprint density at radius 1 is 1.00 bits per heavy atom. The highest BCUT2D eigenvalue weighted by Crippen LogP contribution is 2.57. The van der Waals surface area contributed by atoms with E-state index in [0.717, 1.165) is 36.9 Å². The van der Waals surface area contributed by atoms with Gasteiger partial charge in [0, 0.05) is 36.2 Å². The van der Waals surface area contributed by atoms with Gasteiger partial charge in [-0.25, -0.2) is 0 Å². The summed E-state index contributed by atoms with van der Waals surface area (Å²) in [4.78, 5) is 43.9. The molecule has 2 aromatic rings. The smallest absolute Gasteiger partial charge is 0.255 e. The predicted molar refractivity (Wildman–Crippen MR) is 210 cm³/mol. The summed E-state index contributed by atoms with van der Waals surface area (Å²) in [6, 6.07) is 5.51. The number of unbranched alkanes of at least 4 members (excludes halogenated alkanes) is 2. The van der Waals surface area contributed by atoms with Gasteiger partial charge in [0.15, 0.2) is 11.4 Å². The van der Waals surface area contributed by atoms with Gasteiger partial charge in [-0.15, -0.1) is 0 Å². The number of nitrogens with zero attached hydrogens (tertiary/aromatic N) is 2. The number of aliphatic hydroxyl groups is 4. The number of hydrogen-bond acceptors (Lipinski definition) is 13. The summed E-state index contributed by atoms with van der Waals surface area (Å²) in [6.07, 6.45) is 5.56. The first-order valence-electron chi connectivity index (χ1n) is 19.3. The molecule has 1 amide bonds. The lowest BCUT2D eigenvalue weighted by atomic mass is 9.54. The summed E-state index contributed by atoms with van der Waals surface area (Å²) in [6.45, 7) is 9.49. The number of carbonyl (C=O) groups excluding carboxylic acids is 3. The van der Waals surface area contributed by atoms with E-state index in [1.165, 1.54) is 25.1 Å². The molecule has 14 heteroatoms. The highest BCUT2D eigenvalue weighted by molar-refractivity contribution is 6.24. The van der Waals surface area contributed by atoms with Gasteiger partial charge in [0.2, 0.25) is 5.78 Å². The minimum Gasteiger partial charge on any atom is -0.508 e. The number of fused-ring (bicyclic) bond motifs is 3. The number of amides is 1. The van der Waals surface area contributed by atoms with E-state index in [0.29, 0.717) is 62.1 Å². The van der Waals surface area contributed by atoms with Gasteiger partial charge in [0.1, 0.15) is 34.3 Å². The third-order valence-electron chi connectivity index (χ3n) is 11.5. The highest BCUT2D eigenvalue weighted by atomic mass is 16.5. The normalized spacial score (nSPS) is 26.4. The molecule has 2 fully saturated rings. The summed E-state index contributed by atoms with van der Waals surface area (Å²) >= 11 is 0. The van der Waals surface area contributed by atoms with Gasteiger partial charge >= 0.3 is 0 Å². The van der Waals surface area contributed by atoms with Gasteiger partial charge < -0.3 is 50.4 Å². The molecule has 1 saturated carbocycles. The van der Waals surface area contributed by atoms with Gasteiger partial charge in [-0.2, -0.15) is 0 Å². The number of rotatable bonds is 13. The van der Waals surface area contributed by atoms with Crippen LogP contribution in [0.25, 0.3) is 17.9 Å². The summed E-state index contributed by atoms with van der Waals surface area (Å²) in [5.74, 6) is -8.20. The number of aliphatic hydroxyl groups excluding tert-OH is 3. The van der Waals surface area contributed by atoms with Crippen LogP contribution in [-0.2, 0) is 19.1 Å². The van der Waals surface area contributed by atoms with Crippen LogP contribution in [0.15, 0.2) is 41.2 Å². The lowest BCUT2D eigenvalue weighted by molar-refractivity contribution is -0.169. The molecule has 4 aliphatic rings. The number of Topliss-reactive ketones (excluding diaryl/α,β-unsaturated/α-hetero) is 2. The van der Waals surface area contributed by atoms with Crippen LogP contribution in [0.4, 0.5) is 5.69 Å². The molecule has 6 rings (SSSR count). The number of ether oxygens (including phenoxy) is 3. The Bertz CT molecular complexity index is 1980. The maximum atomic E-state index is 14.4. The van der Waals surface area contributed by atoms with Gasteiger partial charge in [-0.1, -0.05) is 51.8 Å². The van der Waals surface area contributed by atoms with E-state index in [9.17, 15) is 39.9 Å². The minimum absolute atomic E-state index is 0.0891. The fourth-order valence-corrected chi connectivity index (χ4v) is 8.70. The Morgan fingerprint density at radius 2 is 1.62 bits per heavy atom. The number of phenolic OH excluding ortho intramolecular Hbond substituents is 1. The van der Waals surface area contributed by atoms with E-state index < -0.39 is 75.6 Å². The first kappa shape index (κ1) is 40.8. The number of ketones is 2. The Kier molecular flexibility index (Phi) is 11.9. The number of anilines is 1. The van der Waals surface area contributed by atoms with Gasteiger partial charge in [0.05, 0.1) is 55.7 Å². The summed E-state index contributed by atoms with van der Waals surface area (Å²) in [5, 5.41) is 58.4. The third-order valence-corrected chi connectivity index (χ3v) is 11.5. The second-order valence-electron chi connectivity index (χ2n) is 15.2. The van der Waals surface area contributed by atoms with E-state index in [-0.39, 0.29) is 11.3 Å². The van der Waals surface area contributed by atoms with Crippen molar-refractivity contribution in [1.82, 2.24) is 4.90 Å². The molecule has 0 bridgehead atoms. The third kappa shape index (κ3) is 6.82. The zero-order valence-corrected chi connectivity index (χ0v) is 32.6. The zero-order valence-electron chi connectivity index (χ0n) is 32.6. The molecule has 1 heterocycles. The molecule has 0 spiro atoms. The van der Waals surface area contributed by atoms with Crippen LogP contribution in [-0.4, -0.2) is 119 Å². The topological polar surface area (TPSA) is 213 Å². The molecule has 2 aromatic carbocycles. The number of phenols is 1. The van der Waals surface area contributed by atoms with Crippen molar-refractivity contribution >= 4 is 41.1 Å². The molecule has 0 aromatic heterocycles. The van der Waals surface area contributed by atoms with Crippen molar-refractivity contribution in [3.05, 3.63) is 63.4 Å². The van der Waals surface area contributed by atoms with Crippen LogP contribution in [0.5, 0.6) is 17.2 Å². The SMILES string of the molecule is CCCCOc1cc(N2CCOCC2)c(OCCCC)cc1C=Cc1ccc(O)c2c1C(C)[C@H]1C(=C2O)C(=O)[C@@]2(O)C(O)=C(C(N)=O)C(=O)[C@H](N(C)C)[C@H]2[C@@H]1O. The number of hydrogen-bond donors (Lipinski definition) is 6. The van der Waals surface area contributed by atoms with Gasteiger partial charge in [-0.3, -0.25) is 19.3 Å². The minimum atomic E-state index is -2.99. The van der Waals surface area contributed by atoms with Crippen molar-refractivity contribution < 1.29 is 54.1 Å². The molecule has 1 saturated heterocycles. The number of likely N-dealkylation sites (N-methyl/N-ethyl adjacent to an activating group) is 1. The number of aromatic hydroxyl groups is 1. The molecule has 6 atom stereocenters. The molecular weight excluding hydrogens is 722 g/mol. The molecule has 14 nitrogen and oxygen atoms in total. The van der Waals surface area contributed by atoms with Crippen LogP contribution < -0.4 is 20.1 Å². The van der Waals surface area contributed by atoms with Crippen LogP contribution in [0.1, 0.15) is 74.6 Å². The summed E-state index contributed by atoms with van der Waals surface area (Å²) in [7, 11) is 2.94. The number of benzene rings is 2. The molecule has 1 aliphatic heterocycles. The average Bonchev–Trinajstić information content (AvgIpc) is 3.16. The molecule has 0 radical (unpaired) electrons. The fraction of sp³-hybridized carbons (Fsp3) is 0.500. The second-order valence-corrected chi connectivity index (χ2v) is 15.2. The maximum absolute atomic E-state index is 14.4. The van der Waals surface area contributed by atoms with Crippen molar-refractivity contribution in [3.8, 4) is 17.2 Å². The van der Waals surface area contributed by atoms with Crippen molar-refractivity contribution in [2.75, 3.05) is 58.5 Å². The van der Waals surface area contributed by atoms with Crippen LogP contribution in [0, 0.1) is 11.8 Å². The number of carbonyl (C=O) groups is 3. The predicted octanol–water partition coefficient (Wildman–Crippen LogP) is 3.86. The standard InChI is InChI=1S/C42H53N3O11/c1-6-8-16-55-27-21-25(45-14-18-54-19-15-45)28(56-17-9-7-2)20-24(27)11-10-23-12-13-26(46)31-29(23)22(3)30-32(36(31)47)39(50)42(53)34(37(30)48)35(44(4)5)38(49)33(40(42)51)41(43)52/h10-13,20-22,30,34-35,37,46-48,51,53H,6-9,14-19H2,1-5H3,(H2,43,52)/t22?,30-,34-,35+,37+,42+/m0/s1. The second kappa shape index (κ2) is 16.3. The number of morpholine rings is 1. The Balaban J connectivity index is 1.49. The fourth-order valence-electron chi connectivity index (χ4n) is 8.70. The van der Waals surface area contributed by atoms with Crippen LogP contribution >= 0.6 is 0 Å². The van der Waals surface area contributed by atoms with Gasteiger partial charge in [0.25, 0.3) is 5.91 Å². The zero-order chi connectivity index (χ0) is 40.6. The van der Waals surface area contributed by atoms with Crippen LogP contribution in [0.3, 0.4) is 0 Å². The Hall–Kier alpha value is -4.89. The first-order chi connectivity index (χ1) is 26.7. The number of nitrogens with two attached hydrogens (primary N) is 1. The Morgan fingerprint density at radius 3 is 2.23 bits per heavy atom. The molecule has 3 aliphatic carbocycles. The molecule has 56 heavy (non-hydrogen) atoms. The van der Waals surface area contributed by atoms with Gasteiger partial charge in [-0.05, 0) is 56.1 Å². The average molecular weight is 776 g/mol. The molecular formula is C42H53N3O11. The number of primary amides is 1. The van der Waals surface area contributed by atoms with E-state index in [2.05, 4.69) is 18.7 Å². The van der Waals surface area contributed by atoms with Crippen molar-refractivity contribution in [2.24, 2.45) is 17.6 Å². The van der Waals surface area contributed by atoms with E-state index in [4.69, 9.17) is 19.9 Å². The largest absolute Gasteiger partial charge is 0.508 e. The highest BCUT2D eigenvalue weighted by Gasteiger charge is 2.68. The quantitative estimate of drug-likeness (QED) is 0.0971. The molecule has 1 unspecified atom stereocenters. The van der Waals surface area contributed by atoms with E-state index >= 15 is 0 Å². The molecule has 302 valence electrons. The van der Waals surface area contributed by atoms with Crippen molar-refractivity contribution in [1.29, 1.82) is 0 Å². The van der Waals surface area contributed by atoms with Crippen LogP contribution in [0.2, 0.25) is 0 Å². The maximum Gasteiger partial charge on any atom is 0.255 e. The lowest BCUT2D eigenvalue weighted by Gasteiger charge is -2.53. The summed E-state index contributed by atoms with van der Waals surface area (Å²) in [5.41, 5.74) is 3.52. The summed E-state index contributed by atoms with van der Waals surface area (Å²) < 4.78 is 18.3. The monoisotopic (exact) mass is 775 g/mol. The molecule has 7 N–H and O–H groups in total. The van der Waals surface area contributed by atoms with Crippen molar-refractivity contribution in [2.45, 2.75) is 70.1 Å². The lowest BCUT2D eigenvalue weighted by Crippen LogP contribution is -2.70. The van der Waals surface area contributed by atoms with Crippen molar-refractivity contribution in [3.63, 3.8) is 0 Å². The van der Waals surface area contributed by atoms with E-state index in [1.54, 1.807) is 19.1 Å². The first-order valence-corrected chi connectivity index (χ1v) is 19.3. The van der Waals surface area contributed by atoms with E-state index in [1.807, 2.05) is 18.2 Å². The Labute approximate surface area is 326 Å².